The van der Waals surface area contributed by atoms with E-state index in [1.165, 1.54) is 13.8 Å². The number of esters is 2. The first kappa shape index (κ1) is 25.3. The summed E-state index contributed by atoms with van der Waals surface area (Å²) in [6.45, 7) is 2.27. The highest BCUT2D eigenvalue weighted by atomic mass is 19.4. The zero-order valence-electron chi connectivity index (χ0n) is 15.1. The molecule has 1 aliphatic carbocycles. The maximum atomic E-state index is 13.6. The molecule has 0 atom stereocenters. The predicted molar refractivity (Wildman–Crippen MR) is 74.2 cm³/mol. The lowest BCUT2D eigenvalue weighted by Gasteiger charge is -2.48. The smallest absolute Gasteiger partial charge is 0.384 e. The molecule has 1 fully saturated rings. The second-order valence-corrected chi connectivity index (χ2v) is 6.94. The van der Waals surface area contributed by atoms with Gasteiger partial charge in [-0.1, -0.05) is 6.92 Å². The fraction of sp³-hybridized carbons (Fsp3) is 0.867. The summed E-state index contributed by atoms with van der Waals surface area (Å²) in [7, 11) is 0. The van der Waals surface area contributed by atoms with Crippen LogP contribution in [0.3, 0.4) is 0 Å². The van der Waals surface area contributed by atoms with Crippen molar-refractivity contribution >= 4 is 11.9 Å². The van der Waals surface area contributed by atoms with E-state index in [4.69, 9.17) is 0 Å². The van der Waals surface area contributed by atoms with Crippen molar-refractivity contribution in [2.45, 2.75) is 56.8 Å². The topological polar surface area (TPSA) is 52.6 Å². The minimum absolute atomic E-state index is 0.268. The quantitative estimate of drug-likeness (QED) is 0.344. The zero-order chi connectivity index (χ0) is 23.3. The second-order valence-electron chi connectivity index (χ2n) is 6.94. The van der Waals surface area contributed by atoms with Crippen LogP contribution in [0, 0.1) is 11.3 Å². The van der Waals surface area contributed by atoms with Gasteiger partial charge in [-0.05, 0) is 20.3 Å². The summed E-state index contributed by atoms with van der Waals surface area (Å²) in [6.07, 6.45) is 0.268. The normalized spacial score (nSPS) is 24.6. The highest BCUT2D eigenvalue weighted by Gasteiger charge is 2.96. The Kier molecular flexibility index (Phi) is 6.26. The Labute approximate surface area is 157 Å². The summed E-state index contributed by atoms with van der Waals surface area (Å²) in [5.41, 5.74) is -1.04. The van der Waals surface area contributed by atoms with Gasteiger partial charge in [-0.2, -0.15) is 43.9 Å². The highest BCUT2D eigenvalue weighted by Crippen LogP contribution is 2.66. The second kappa shape index (κ2) is 7.18. The molecule has 0 amide bonds. The first-order chi connectivity index (χ1) is 12.7. The van der Waals surface area contributed by atoms with Gasteiger partial charge in [-0.25, -0.2) is 0 Å². The van der Waals surface area contributed by atoms with Crippen molar-refractivity contribution in [2.24, 2.45) is 11.3 Å². The number of halogens is 10. The van der Waals surface area contributed by atoms with Gasteiger partial charge < -0.3 is 9.47 Å². The van der Waals surface area contributed by atoms with E-state index in [9.17, 15) is 53.5 Å². The van der Waals surface area contributed by atoms with Gasteiger partial charge in [0.25, 0.3) is 0 Å². The Balaban J connectivity index is 3.04. The van der Waals surface area contributed by atoms with Gasteiger partial charge in [0.1, 0.15) is 13.2 Å². The molecular weight excluding hydrogens is 434 g/mol. The van der Waals surface area contributed by atoms with Crippen LogP contribution in [-0.4, -0.2) is 54.8 Å². The number of alkyl halides is 10. The molecule has 0 heterocycles. The van der Waals surface area contributed by atoms with Crippen LogP contribution in [-0.2, 0) is 19.1 Å². The summed E-state index contributed by atoms with van der Waals surface area (Å²) in [5, 5.41) is 0. The zero-order valence-corrected chi connectivity index (χ0v) is 15.1. The Morgan fingerprint density at radius 1 is 0.759 bits per heavy atom. The largest absolute Gasteiger partial charge is 0.462 e. The van der Waals surface area contributed by atoms with Crippen molar-refractivity contribution in [3.63, 3.8) is 0 Å². The minimum atomic E-state index is -7.16. The van der Waals surface area contributed by atoms with Crippen LogP contribution in [0.1, 0.15) is 27.2 Å². The fourth-order valence-corrected chi connectivity index (χ4v) is 2.20. The molecule has 0 aromatic rings. The number of carbonyl (C=O) groups excluding carboxylic acids is 2. The molecule has 0 bridgehead atoms. The van der Waals surface area contributed by atoms with E-state index in [1.54, 1.807) is 6.92 Å². The third-order valence-corrected chi connectivity index (χ3v) is 4.58. The van der Waals surface area contributed by atoms with Crippen molar-refractivity contribution in [1.82, 2.24) is 0 Å². The van der Waals surface area contributed by atoms with Crippen molar-refractivity contribution < 1.29 is 63.0 Å². The molecule has 170 valence electrons. The molecule has 0 radical (unpaired) electrons. The maximum absolute atomic E-state index is 13.6. The molecule has 1 aliphatic rings. The van der Waals surface area contributed by atoms with Gasteiger partial charge >= 0.3 is 41.6 Å². The summed E-state index contributed by atoms with van der Waals surface area (Å²) < 4.78 is 142. The van der Waals surface area contributed by atoms with E-state index in [0.717, 1.165) is 0 Å². The monoisotopic (exact) mass is 450 g/mol. The lowest BCUT2D eigenvalue weighted by Crippen LogP contribution is -2.78. The van der Waals surface area contributed by atoms with E-state index in [1.807, 2.05) is 0 Å². The van der Waals surface area contributed by atoms with Gasteiger partial charge in [0.2, 0.25) is 0 Å². The first-order valence-electron chi connectivity index (χ1n) is 7.96. The summed E-state index contributed by atoms with van der Waals surface area (Å²) >= 11 is 0. The molecule has 0 saturated heterocycles. The molecule has 0 aromatic heterocycles. The van der Waals surface area contributed by atoms with E-state index in [0.29, 0.717) is 0 Å². The van der Waals surface area contributed by atoms with Crippen LogP contribution in [0.5, 0.6) is 0 Å². The summed E-state index contributed by atoms with van der Waals surface area (Å²) in [5.74, 6) is -43.1. The molecule has 0 aromatic carbocycles. The maximum Gasteiger partial charge on any atom is 0.384 e. The molecule has 0 spiro atoms. The van der Waals surface area contributed by atoms with E-state index >= 15 is 0 Å². The van der Waals surface area contributed by atoms with Crippen LogP contribution in [0.2, 0.25) is 0 Å². The van der Waals surface area contributed by atoms with Gasteiger partial charge in [0, 0.05) is 0 Å². The van der Waals surface area contributed by atoms with Gasteiger partial charge in [0.05, 0.1) is 5.41 Å². The van der Waals surface area contributed by atoms with Crippen LogP contribution >= 0.6 is 0 Å². The Hall–Kier alpha value is -1.76. The van der Waals surface area contributed by atoms with Crippen LogP contribution in [0.25, 0.3) is 0 Å². The number of rotatable bonds is 6. The third-order valence-electron chi connectivity index (χ3n) is 4.58. The highest BCUT2D eigenvalue weighted by molar-refractivity contribution is 5.77. The summed E-state index contributed by atoms with van der Waals surface area (Å²) in [6, 6.07) is 0. The van der Waals surface area contributed by atoms with Crippen LogP contribution < -0.4 is 0 Å². The molecule has 0 aliphatic heterocycles. The fourth-order valence-electron chi connectivity index (χ4n) is 2.20. The van der Waals surface area contributed by atoms with Crippen molar-refractivity contribution in [1.29, 1.82) is 0 Å². The first-order valence-corrected chi connectivity index (χ1v) is 7.96. The number of hydrogen-bond donors (Lipinski definition) is 0. The predicted octanol–water partition coefficient (Wildman–Crippen LogP) is 4.32. The standard InChI is InChI=1S/C15H16F10O4/c1-4-10(2,3)9(27)29-6-5-28-8(26)7-11(16,17)13(20,21)15(24,25)14(22,23)12(7,18)19/h7H,4-6H2,1-3H3. The minimum Gasteiger partial charge on any atom is -0.462 e. The Bertz CT molecular complexity index is 629. The number of hydrogen-bond acceptors (Lipinski definition) is 4. The lowest BCUT2D eigenvalue weighted by atomic mass is 9.74. The van der Waals surface area contributed by atoms with E-state index in [2.05, 4.69) is 9.47 Å². The van der Waals surface area contributed by atoms with Crippen molar-refractivity contribution in [3.8, 4) is 0 Å². The Morgan fingerprint density at radius 2 is 1.14 bits per heavy atom. The van der Waals surface area contributed by atoms with Gasteiger partial charge in [-0.3, -0.25) is 9.59 Å². The average Bonchev–Trinajstić information content (AvgIpc) is 2.56. The molecule has 1 saturated carbocycles. The average molecular weight is 450 g/mol. The molecule has 1 rings (SSSR count). The van der Waals surface area contributed by atoms with Gasteiger partial charge in [-0.15, -0.1) is 0 Å². The van der Waals surface area contributed by atoms with Gasteiger partial charge in [0.15, 0.2) is 5.92 Å². The lowest BCUT2D eigenvalue weighted by molar-refractivity contribution is -0.458. The van der Waals surface area contributed by atoms with E-state index < -0.39 is 66.1 Å². The van der Waals surface area contributed by atoms with E-state index in [-0.39, 0.29) is 6.42 Å². The van der Waals surface area contributed by atoms with Crippen molar-refractivity contribution in [2.75, 3.05) is 13.2 Å². The molecule has 29 heavy (non-hydrogen) atoms. The third kappa shape index (κ3) is 3.51. The Morgan fingerprint density at radius 3 is 1.52 bits per heavy atom. The number of carbonyl (C=O) groups is 2. The number of ether oxygens (including phenoxy) is 2. The van der Waals surface area contributed by atoms with Crippen molar-refractivity contribution in [3.05, 3.63) is 0 Å². The molecule has 0 unspecified atom stereocenters. The summed E-state index contributed by atoms with van der Waals surface area (Å²) in [4.78, 5) is 23.1. The molecule has 0 N–H and O–H groups in total. The van der Waals surface area contributed by atoms with Crippen LogP contribution in [0.4, 0.5) is 43.9 Å². The van der Waals surface area contributed by atoms with Crippen LogP contribution in [0.15, 0.2) is 0 Å². The molecular formula is C15H16F10O4. The SMILES string of the molecule is CCC(C)(C)C(=O)OCCOC(=O)C1C(F)(F)C(F)(F)C(F)(F)C(F)(F)C1(F)F. The molecule has 4 nitrogen and oxygen atoms in total. The molecule has 14 heteroatoms.